The van der Waals surface area contributed by atoms with Crippen LogP contribution in [-0.4, -0.2) is 40.2 Å². The molecule has 0 radical (unpaired) electrons. The lowest BCUT2D eigenvalue weighted by Gasteiger charge is -2.25. The number of anilines is 2. The highest BCUT2D eigenvalue weighted by atomic mass is 16.5. The number of nitriles is 2. The van der Waals surface area contributed by atoms with Crippen LogP contribution < -0.4 is 26.3 Å². The zero-order valence-corrected chi connectivity index (χ0v) is 26.2. The molecule has 226 valence electrons. The Hall–Kier alpha value is -5.06. The van der Waals surface area contributed by atoms with Gasteiger partial charge in [0.2, 0.25) is 5.88 Å². The summed E-state index contributed by atoms with van der Waals surface area (Å²) in [4.78, 5) is 8.91. The van der Waals surface area contributed by atoms with Gasteiger partial charge >= 0.3 is 0 Å². The van der Waals surface area contributed by atoms with Crippen molar-refractivity contribution < 1.29 is 4.74 Å². The van der Waals surface area contributed by atoms with E-state index in [1.807, 2.05) is 31.2 Å². The van der Waals surface area contributed by atoms with Crippen LogP contribution in [0.15, 0.2) is 55.1 Å². The van der Waals surface area contributed by atoms with E-state index in [0.29, 0.717) is 45.8 Å². The fourth-order valence-corrected chi connectivity index (χ4v) is 5.19. The molecule has 1 atom stereocenters. The molecule has 0 spiro atoms. The second-order valence-corrected chi connectivity index (χ2v) is 12.7. The van der Waals surface area contributed by atoms with Crippen molar-refractivity contribution in [2.45, 2.75) is 59.0 Å². The summed E-state index contributed by atoms with van der Waals surface area (Å²) in [6.07, 6.45) is 11.4. The van der Waals surface area contributed by atoms with Gasteiger partial charge in [-0.1, -0.05) is 39.5 Å². The zero-order valence-electron chi connectivity index (χ0n) is 26.2. The Labute approximate surface area is 259 Å². The average Bonchev–Trinajstić information content (AvgIpc) is 3.56. The van der Waals surface area contributed by atoms with Crippen molar-refractivity contribution in [1.29, 1.82) is 10.5 Å². The number of methoxy groups -OCH3 is 1. The van der Waals surface area contributed by atoms with Crippen LogP contribution in [0.5, 0.6) is 5.88 Å². The summed E-state index contributed by atoms with van der Waals surface area (Å²) in [5, 5.41) is 30.0. The Morgan fingerprint density at radius 2 is 1.98 bits per heavy atom. The number of hydrogen-bond donors (Lipinski definition) is 4. The number of hydrogen-bond acceptors (Lipinski definition) is 10. The molecule has 2 aromatic heterocycles. The number of aromatic nitrogens is 2. The van der Waals surface area contributed by atoms with E-state index in [1.54, 1.807) is 19.4 Å². The molecule has 0 bridgehead atoms. The zero-order chi connectivity index (χ0) is 31.6. The minimum Gasteiger partial charge on any atom is -0.481 e. The van der Waals surface area contributed by atoms with Gasteiger partial charge in [0.25, 0.3) is 0 Å². The highest BCUT2D eigenvalue weighted by molar-refractivity contribution is 5.99. The summed E-state index contributed by atoms with van der Waals surface area (Å²) in [5.74, 6) is 0.501. The van der Waals surface area contributed by atoms with E-state index in [9.17, 15) is 10.5 Å². The van der Waals surface area contributed by atoms with Gasteiger partial charge in [-0.25, -0.2) is 4.98 Å². The summed E-state index contributed by atoms with van der Waals surface area (Å²) in [6.45, 7) is 15.7. The molecule has 0 saturated heterocycles. The van der Waals surface area contributed by atoms with Crippen molar-refractivity contribution in [3.05, 3.63) is 77.4 Å². The van der Waals surface area contributed by atoms with Crippen molar-refractivity contribution in [2.75, 3.05) is 24.3 Å². The number of pyridine rings is 2. The van der Waals surface area contributed by atoms with E-state index in [2.05, 4.69) is 89.2 Å². The number of allylic oxidation sites excluding steroid dienone is 1. The Morgan fingerprint density at radius 3 is 2.61 bits per heavy atom. The van der Waals surface area contributed by atoms with E-state index in [4.69, 9.17) is 4.74 Å². The normalized spacial score (nSPS) is 16.1. The number of fused-ring (bicyclic) bond motifs is 1. The predicted molar refractivity (Wildman–Crippen MR) is 175 cm³/mol. The van der Waals surface area contributed by atoms with Crippen molar-refractivity contribution in [3.63, 3.8) is 0 Å². The maximum Gasteiger partial charge on any atom is 0.221 e. The molecule has 1 fully saturated rings. The highest BCUT2D eigenvalue weighted by Crippen LogP contribution is 2.42. The van der Waals surface area contributed by atoms with Gasteiger partial charge in [-0.2, -0.15) is 10.5 Å². The third-order valence-corrected chi connectivity index (χ3v) is 7.95. The van der Waals surface area contributed by atoms with Gasteiger partial charge in [0.15, 0.2) is 0 Å². The van der Waals surface area contributed by atoms with Crippen LogP contribution >= 0.6 is 0 Å². The minimum absolute atomic E-state index is 0.0347. The standard InChI is InChI=1S/C34H39N9O/c1-8-9-26-25(10-13-37-32(26)44-7)21(2)29(28-19-43(42-41-28)34(6)11-12-34)40-24-14-22(16-35)30-27(15-24)31(23(17-36)18-38-30)39-20-33(3,4)5/h8-10,13-15,18-19,29,40-42H,2,11-12,20H2,1,3-7H3,(H,38,39)/b9-8-/t29-/m0/s1. The number of hydrazine groups is 2. The molecular weight excluding hydrogens is 550 g/mol. The molecule has 1 aromatic carbocycles. The lowest BCUT2D eigenvalue weighted by Crippen LogP contribution is -2.44. The van der Waals surface area contributed by atoms with Crippen LogP contribution in [0.1, 0.15) is 69.7 Å². The molecule has 1 aliphatic carbocycles. The molecule has 44 heavy (non-hydrogen) atoms. The fourth-order valence-electron chi connectivity index (χ4n) is 5.19. The summed E-state index contributed by atoms with van der Waals surface area (Å²) < 4.78 is 5.59. The molecule has 4 N–H and O–H groups in total. The first-order chi connectivity index (χ1) is 21.0. The van der Waals surface area contributed by atoms with Gasteiger partial charge in [0.05, 0.1) is 46.7 Å². The highest BCUT2D eigenvalue weighted by Gasteiger charge is 2.44. The predicted octanol–water partition coefficient (Wildman–Crippen LogP) is 6.09. The molecule has 0 unspecified atom stereocenters. The van der Waals surface area contributed by atoms with E-state index >= 15 is 0 Å². The second kappa shape index (κ2) is 11.9. The lowest BCUT2D eigenvalue weighted by atomic mass is 9.93. The first kappa shape index (κ1) is 30.4. The van der Waals surface area contributed by atoms with Crippen LogP contribution in [0.2, 0.25) is 0 Å². The molecule has 3 aromatic rings. The molecule has 10 nitrogen and oxygen atoms in total. The first-order valence-corrected chi connectivity index (χ1v) is 14.7. The van der Waals surface area contributed by atoms with E-state index in [0.717, 1.165) is 35.2 Å². The summed E-state index contributed by atoms with van der Waals surface area (Å²) in [7, 11) is 1.60. The minimum atomic E-state index is -0.437. The molecule has 0 amide bonds. The summed E-state index contributed by atoms with van der Waals surface area (Å²) in [5.41, 5.74) is 12.7. The van der Waals surface area contributed by atoms with Crippen molar-refractivity contribution >= 4 is 33.9 Å². The number of rotatable bonds is 10. The molecule has 3 heterocycles. The van der Waals surface area contributed by atoms with Crippen molar-refractivity contribution in [3.8, 4) is 18.0 Å². The van der Waals surface area contributed by atoms with E-state index in [1.165, 1.54) is 6.20 Å². The molecule has 5 rings (SSSR count). The maximum absolute atomic E-state index is 10.2. The number of nitrogens with one attached hydrogen (secondary N) is 4. The van der Waals surface area contributed by atoms with Gasteiger partial charge in [-0.3, -0.25) is 9.99 Å². The van der Waals surface area contributed by atoms with E-state index in [-0.39, 0.29) is 11.0 Å². The number of benzene rings is 1. The molecule has 2 aliphatic rings. The monoisotopic (exact) mass is 589 g/mol. The maximum atomic E-state index is 10.2. The van der Waals surface area contributed by atoms with Gasteiger partial charge in [0.1, 0.15) is 12.1 Å². The topological polar surface area (TPSA) is 134 Å². The van der Waals surface area contributed by atoms with Crippen LogP contribution in [-0.2, 0) is 0 Å². The number of ether oxygens (including phenoxy) is 1. The van der Waals surface area contributed by atoms with Crippen LogP contribution in [0.25, 0.3) is 22.6 Å². The SMILES string of the molecule is C=C(c1ccnc(OC)c1/C=C\C)[C@H](Nc1cc(C#N)c2ncc(C#N)c(NCC(C)(C)C)c2c1)C1=CN(C2(C)CC2)NN1. The van der Waals surface area contributed by atoms with E-state index < -0.39 is 6.04 Å². The Morgan fingerprint density at radius 1 is 1.23 bits per heavy atom. The summed E-state index contributed by atoms with van der Waals surface area (Å²) in [6, 6.07) is 9.79. The van der Waals surface area contributed by atoms with Gasteiger partial charge in [-0.05, 0) is 61.4 Å². The molecule has 10 heteroatoms. The quantitative estimate of drug-likeness (QED) is 0.220. The van der Waals surface area contributed by atoms with Gasteiger partial charge in [-0.15, -0.1) is 5.53 Å². The lowest BCUT2D eigenvalue weighted by molar-refractivity contribution is 0.191. The smallest absolute Gasteiger partial charge is 0.221 e. The third kappa shape index (κ3) is 6.03. The largest absolute Gasteiger partial charge is 0.481 e. The van der Waals surface area contributed by atoms with Crippen LogP contribution in [0, 0.1) is 28.1 Å². The Balaban J connectivity index is 1.64. The van der Waals surface area contributed by atoms with Gasteiger partial charge < -0.3 is 20.8 Å². The second-order valence-electron chi connectivity index (χ2n) is 12.7. The molecular formula is C34H39N9O. The Bertz CT molecular complexity index is 1750. The fraction of sp³-hybridized carbons (Fsp3) is 0.353. The summed E-state index contributed by atoms with van der Waals surface area (Å²) >= 11 is 0. The first-order valence-electron chi connectivity index (χ1n) is 14.7. The number of nitrogens with zero attached hydrogens (tertiary/aromatic N) is 5. The van der Waals surface area contributed by atoms with Crippen LogP contribution in [0.4, 0.5) is 11.4 Å². The Kier molecular flexibility index (Phi) is 8.23. The third-order valence-electron chi connectivity index (χ3n) is 7.95. The molecule has 1 saturated carbocycles. The van der Waals surface area contributed by atoms with Crippen molar-refractivity contribution in [1.82, 2.24) is 25.9 Å². The average molecular weight is 590 g/mol. The van der Waals surface area contributed by atoms with Gasteiger partial charge in [0, 0.05) is 41.8 Å². The van der Waals surface area contributed by atoms with Crippen LogP contribution in [0.3, 0.4) is 0 Å². The molecule has 1 aliphatic heterocycles. The van der Waals surface area contributed by atoms with Crippen molar-refractivity contribution in [2.24, 2.45) is 5.41 Å².